The van der Waals surface area contributed by atoms with E-state index < -0.39 is 10.2 Å². The Morgan fingerprint density at radius 3 is 2.21 bits per heavy atom. The molecule has 1 saturated heterocycles. The van der Waals surface area contributed by atoms with E-state index in [0.29, 0.717) is 17.8 Å². The van der Waals surface area contributed by atoms with Gasteiger partial charge >= 0.3 is 10.2 Å². The maximum Gasteiger partial charge on any atom is 0.303 e. The molecule has 1 aromatic rings. The Hall–Kier alpha value is -1.64. The zero-order valence-corrected chi connectivity index (χ0v) is 18.5. The van der Waals surface area contributed by atoms with E-state index in [1.807, 2.05) is 0 Å². The number of likely N-dealkylation sites (tertiary alicyclic amines) is 1. The summed E-state index contributed by atoms with van der Waals surface area (Å²) in [5.41, 5.74) is 1.04. The van der Waals surface area contributed by atoms with Crippen LogP contribution in [0.4, 0.5) is 5.69 Å². The van der Waals surface area contributed by atoms with E-state index in [2.05, 4.69) is 24.1 Å². The Bertz CT molecular complexity index is 739. The van der Waals surface area contributed by atoms with E-state index >= 15 is 0 Å². The van der Waals surface area contributed by atoms with Gasteiger partial charge in [0.2, 0.25) is 0 Å². The van der Waals surface area contributed by atoms with Gasteiger partial charge in [-0.2, -0.15) is 12.7 Å². The van der Waals surface area contributed by atoms with Crippen molar-refractivity contribution in [2.24, 2.45) is 11.8 Å². The molecule has 7 nitrogen and oxygen atoms in total. The lowest BCUT2D eigenvalue weighted by atomic mass is 9.92. The molecule has 0 aliphatic carbocycles. The fourth-order valence-electron chi connectivity index (χ4n) is 3.78. The highest BCUT2D eigenvalue weighted by Gasteiger charge is 2.22. The SMILES string of the molecule is C[C@@H]1C[C@H](C)CN(CCCNC(=O)c2ccc(N(C)S(=O)(=O)N(C)C)cc2)C1. The number of hydrogen-bond acceptors (Lipinski definition) is 4. The summed E-state index contributed by atoms with van der Waals surface area (Å²) in [6.07, 6.45) is 2.22. The van der Waals surface area contributed by atoms with E-state index in [4.69, 9.17) is 0 Å². The van der Waals surface area contributed by atoms with Crippen LogP contribution in [0.15, 0.2) is 24.3 Å². The van der Waals surface area contributed by atoms with Crippen LogP contribution >= 0.6 is 0 Å². The first kappa shape index (κ1) is 22.6. The number of piperidine rings is 1. The molecule has 1 heterocycles. The first-order valence-electron chi connectivity index (χ1n) is 9.88. The molecule has 8 heteroatoms. The van der Waals surface area contributed by atoms with Crippen molar-refractivity contribution >= 4 is 21.8 Å². The highest BCUT2D eigenvalue weighted by atomic mass is 32.2. The molecule has 0 saturated carbocycles. The van der Waals surface area contributed by atoms with Crippen molar-refractivity contribution in [2.75, 3.05) is 51.6 Å². The predicted molar refractivity (Wildman–Crippen MR) is 114 cm³/mol. The Morgan fingerprint density at radius 2 is 1.68 bits per heavy atom. The van der Waals surface area contributed by atoms with Crippen LogP contribution in [0.1, 0.15) is 37.0 Å². The molecule has 28 heavy (non-hydrogen) atoms. The van der Waals surface area contributed by atoms with Crippen molar-refractivity contribution in [2.45, 2.75) is 26.7 Å². The van der Waals surface area contributed by atoms with Crippen LogP contribution in [0.5, 0.6) is 0 Å². The number of carbonyl (C=O) groups is 1. The standard InChI is InChI=1S/C20H34N4O3S/c1-16-13-17(2)15-24(14-16)12-6-11-21-20(25)18-7-9-19(10-8-18)23(5)28(26,27)22(3)4/h7-10,16-17H,6,11-15H2,1-5H3,(H,21,25)/t16-,17+. The molecule has 1 aliphatic rings. The summed E-state index contributed by atoms with van der Waals surface area (Å²) in [4.78, 5) is 14.8. The quantitative estimate of drug-likeness (QED) is 0.666. The number of carbonyl (C=O) groups excluding carboxylic acids is 1. The van der Waals surface area contributed by atoms with Gasteiger partial charge in [0.15, 0.2) is 0 Å². The minimum absolute atomic E-state index is 0.134. The van der Waals surface area contributed by atoms with Crippen molar-refractivity contribution in [1.82, 2.24) is 14.5 Å². The zero-order chi connectivity index (χ0) is 20.9. The highest BCUT2D eigenvalue weighted by Crippen LogP contribution is 2.21. The third-order valence-corrected chi connectivity index (χ3v) is 7.01. The third-order valence-electron chi connectivity index (χ3n) is 5.18. The summed E-state index contributed by atoms with van der Waals surface area (Å²) in [7, 11) is 0.925. The Balaban J connectivity index is 1.81. The third kappa shape index (κ3) is 5.93. The Labute approximate surface area is 169 Å². The van der Waals surface area contributed by atoms with Crippen molar-refractivity contribution < 1.29 is 13.2 Å². The topological polar surface area (TPSA) is 73.0 Å². The van der Waals surface area contributed by atoms with Gasteiger partial charge in [-0.25, -0.2) is 0 Å². The monoisotopic (exact) mass is 410 g/mol. The molecule has 158 valence electrons. The maximum absolute atomic E-state index is 12.3. The summed E-state index contributed by atoms with van der Waals surface area (Å²) >= 11 is 0. The lowest BCUT2D eigenvalue weighted by Crippen LogP contribution is -2.40. The molecular formula is C20H34N4O3S. The van der Waals surface area contributed by atoms with Gasteiger partial charge in [0, 0.05) is 46.3 Å². The van der Waals surface area contributed by atoms with Gasteiger partial charge < -0.3 is 10.2 Å². The summed E-state index contributed by atoms with van der Waals surface area (Å²) in [5, 5.41) is 2.95. The first-order valence-corrected chi connectivity index (χ1v) is 11.3. The summed E-state index contributed by atoms with van der Waals surface area (Å²) in [6.45, 7) is 8.52. The van der Waals surface area contributed by atoms with Gasteiger partial charge in [0.25, 0.3) is 5.91 Å². The van der Waals surface area contributed by atoms with E-state index in [1.54, 1.807) is 24.3 Å². The molecular weight excluding hydrogens is 376 g/mol. The second-order valence-corrected chi connectivity index (χ2v) is 10.3. The molecule has 1 amide bonds. The molecule has 0 spiro atoms. The van der Waals surface area contributed by atoms with E-state index in [1.165, 1.54) is 31.9 Å². The second-order valence-electron chi connectivity index (χ2n) is 8.12. The average molecular weight is 411 g/mol. The van der Waals surface area contributed by atoms with Gasteiger partial charge in [0.1, 0.15) is 0 Å². The number of benzene rings is 1. The molecule has 1 fully saturated rings. The number of rotatable bonds is 8. The molecule has 1 N–H and O–H groups in total. The van der Waals surface area contributed by atoms with Crippen LogP contribution < -0.4 is 9.62 Å². The van der Waals surface area contributed by atoms with Gasteiger partial charge in [-0.05, 0) is 55.5 Å². The number of anilines is 1. The number of nitrogens with zero attached hydrogens (tertiary/aromatic N) is 3. The molecule has 1 aromatic carbocycles. The molecule has 0 bridgehead atoms. The largest absolute Gasteiger partial charge is 0.352 e. The van der Waals surface area contributed by atoms with Crippen LogP contribution in [0.2, 0.25) is 0 Å². The minimum atomic E-state index is -3.54. The smallest absolute Gasteiger partial charge is 0.303 e. The number of amides is 1. The van der Waals surface area contributed by atoms with Crippen molar-refractivity contribution in [3.05, 3.63) is 29.8 Å². The molecule has 2 atom stereocenters. The maximum atomic E-state index is 12.3. The van der Waals surface area contributed by atoms with Gasteiger partial charge in [-0.15, -0.1) is 0 Å². The van der Waals surface area contributed by atoms with E-state index in [0.717, 1.165) is 42.2 Å². The van der Waals surface area contributed by atoms with Crippen LogP contribution in [0.25, 0.3) is 0 Å². The number of hydrogen-bond donors (Lipinski definition) is 1. The van der Waals surface area contributed by atoms with Gasteiger partial charge in [-0.3, -0.25) is 9.10 Å². The normalized spacial score (nSPS) is 20.9. The predicted octanol–water partition coefficient (Wildman–Crippen LogP) is 2.03. The summed E-state index contributed by atoms with van der Waals surface area (Å²) in [6, 6.07) is 6.60. The molecule has 0 unspecified atom stereocenters. The fourth-order valence-corrected chi connectivity index (χ4v) is 4.66. The molecule has 1 aliphatic heterocycles. The highest BCUT2D eigenvalue weighted by molar-refractivity contribution is 7.90. The summed E-state index contributed by atoms with van der Waals surface area (Å²) in [5.74, 6) is 1.35. The van der Waals surface area contributed by atoms with Crippen LogP contribution in [-0.2, 0) is 10.2 Å². The molecule has 0 aromatic heterocycles. The van der Waals surface area contributed by atoms with Crippen molar-refractivity contribution in [3.63, 3.8) is 0 Å². The molecule has 0 radical (unpaired) electrons. The second kappa shape index (κ2) is 9.71. The Kier molecular flexibility index (Phi) is 7.86. The van der Waals surface area contributed by atoms with Crippen LogP contribution in [-0.4, -0.2) is 70.9 Å². The Morgan fingerprint density at radius 1 is 1.11 bits per heavy atom. The number of nitrogens with one attached hydrogen (secondary N) is 1. The van der Waals surface area contributed by atoms with Crippen LogP contribution in [0, 0.1) is 11.8 Å². The van der Waals surface area contributed by atoms with E-state index in [9.17, 15) is 13.2 Å². The average Bonchev–Trinajstić information content (AvgIpc) is 2.63. The molecule has 2 rings (SSSR count). The van der Waals surface area contributed by atoms with Crippen molar-refractivity contribution in [3.8, 4) is 0 Å². The van der Waals surface area contributed by atoms with Gasteiger partial charge in [-0.1, -0.05) is 13.8 Å². The van der Waals surface area contributed by atoms with E-state index in [-0.39, 0.29) is 5.91 Å². The fraction of sp³-hybridized carbons (Fsp3) is 0.650. The van der Waals surface area contributed by atoms with Crippen LogP contribution in [0.3, 0.4) is 0 Å². The summed E-state index contributed by atoms with van der Waals surface area (Å²) < 4.78 is 26.7. The first-order chi connectivity index (χ1) is 13.1. The lowest BCUT2D eigenvalue weighted by Gasteiger charge is -2.34. The zero-order valence-electron chi connectivity index (χ0n) is 17.7. The van der Waals surface area contributed by atoms with Crippen molar-refractivity contribution in [1.29, 1.82) is 0 Å². The minimum Gasteiger partial charge on any atom is -0.352 e. The van der Waals surface area contributed by atoms with Gasteiger partial charge in [0.05, 0.1) is 5.69 Å². The lowest BCUT2D eigenvalue weighted by molar-refractivity contribution is 0.0947.